The van der Waals surface area contributed by atoms with Crippen LogP contribution >= 0.6 is 11.3 Å². The summed E-state index contributed by atoms with van der Waals surface area (Å²) >= 11 is 1.68. The molecular formula is C25H29N5O3S. The molecule has 1 aliphatic carbocycles. The van der Waals surface area contributed by atoms with Gasteiger partial charge in [-0.1, -0.05) is 13.8 Å². The molecular weight excluding hydrogens is 450 g/mol. The lowest BCUT2D eigenvalue weighted by molar-refractivity contribution is -0.131. The molecule has 1 spiro atoms. The number of hydrogen-bond acceptors (Lipinski definition) is 7. The van der Waals surface area contributed by atoms with Crippen molar-refractivity contribution in [2.45, 2.75) is 51.5 Å². The van der Waals surface area contributed by atoms with Crippen LogP contribution in [-0.4, -0.2) is 44.6 Å². The van der Waals surface area contributed by atoms with Crippen LogP contribution in [0.3, 0.4) is 0 Å². The molecule has 1 atom stereocenters. The summed E-state index contributed by atoms with van der Waals surface area (Å²) in [5, 5.41) is 12.4. The third kappa shape index (κ3) is 4.25. The van der Waals surface area contributed by atoms with Crippen molar-refractivity contribution in [2.75, 3.05) is 18.0 Å². The van der Waals surface area contributed by atoms with E-state index in [2.05, 4.69) is 24.1 Å². The maximum absolute atomic E-state index is 13.3. The molecule has 4 heterocycles. The number of carbonyl (C=O) groups is 1. The number of aromatic nitrogens is 3. The number of anilines is 1. The lowest BCUT2D eigenvalue weighted by Crippen LogP contribution is -2.31. The summed E-state index contributed by atoms with van der Waals surface area (Å²) in [5.74, 6) is -0.177. The molecule has 2 fully saturated rings. The summed E-state index contributed by atoms with van der Waals surface area (Å²) in [6.07, 6.45) is 7.85. The zero-order valence-corrected chi connectivity index (χ0v) is 20.2. The topological polar surface area (TPSA) is 114 Å². The number of carboxylic acid groups (broad SMARTS) is 1. The van der Waals surface area contributed by atoms with Gasteiger partial charge in [-0.3, -0.25) is 9.20 Å². The maximum Gasteiger partial charge on any atom is 0.328 e. The van der Waals surface area contributed by atoms with Crippen molar-refractivity contribution in [2.24, 2.45) is 11.1 Å². The average Bonchev–Trinajstić information content (AvgIpc) is 3.29. The van der Waals surface area contributed by atoms with Crippen LogP contribution < -0.4 is 16.2 Å². The van der Waals surface area contributed by atoms with E-state index in [1.165, 1.54) is 10.5 Å². The number of pyridine rings is 1. The number of aliphatic carboxylic acids is 1. The molecule has 0 aromatic carbocycles. The van der Waals surface area contributed by atoms with Crippen LogP contribution in [0.2, 0.25) is 0 Å². The van der Waals surface area contributed by atoms with E-state index in [9.17, 15) is 9.59 Å². The molecule has 0 bridgehead atoms. The quantitative estimate of drug-likeness (QED) is 0.501. The molecule has 8 nitrogen and oxygen atoms in total. The third-order valence-electron chi connectivity index (χ3n) is 6.99. The first-order chi connectivity index (χ1) is 16.3. The van der Waals surface area contributed by atoms with Crippen LogP contribution in [0.1, 0.15) is 54.4 Å². The summed E-state index contributed by atoms with van der Waals surface area (Å²) < 4.78 is 1.48. The van der Waals surface area contributed by atoms with Crippen molar-refractivity contribution >= 4 is 34.8 Å². The van der Waals surface area contributed by atoms with E-state index < -0.39 is 5.97 Å². The van der Waals surface area contributed by atoms with Gasteiger partial charge < -0.3 is 15.7 Å². The van der Waals surface area contributed by atoms with Crippen molar-refractivity contribution in [3.8, 4) is 0 Å². The first-order valence-electron chi connectivity index (χ1n) is 11.7. The number of fused-ring (bicyclic) bond motifs is 1. The van der Waals surface area contributed by atoms with Gasteiger partial charge in [0.25, 0.3) is 5.56 Å². The van der Waals surface area contributed by atoms with E-state index in [1.807, 2.05) is 12.1 Å². The molecule has 1 aliphatic heterocycles. The molecule has 9 heteroatoms. The summed E-state index contributed by atoms with van der Waals surface area (Å²) in [6, 6.07) is 3.89. The predicted molar refractivity (Wildman–Crippen MR) is 134 cm³/mol. The average molecular weight is 480 g/mol. The van der Waals surface area contributed by atoms with Crippen molar-refractivity contribution in [3.05, 3.63) is 62.0 Å². The summed E-state index contributed by atoms with van der Waals surface area (Å²) in [4.78, 5) is 36.1. The van der Waals surface area contributed by atoms with E-state index in [0.29, 0.717) is 23.9 Å². The van der Waals surface area contributed by atoms with E-state index in [4.69, 9.17) is 20.8 Å². The number of thiazole rings is 1. The van der Waals surface area contributed by atoms with Gasteiger partial charge in [0.1, 0.15) is 11.5 Å². The Kier molecular flexibility index (Phi) is 5.77. The van der Waals surface area contributed by atoms with Gasteiger partial charge in [0, 0.05) is 48.6 Å². The molecule has 0 radical (unpaired) electrons. The minimum atomic E-state index is -1.11. The Labute approximate surface area is 201 Å². The third-order valence-corrected chi connectivity index (χ3v) is 7.92. The molecule has 3 aromatic heterocycles. The van der Waals surface area contributed by atoms with Crippen molar-refractivity contribution in [1.29, 1.82) is 0 Å². The number of nitrogens with two attached hydrogens (primary N) is 1. The van der Waals surface area contributed by atoms with Crippen molar-refractivity contribution in [1.82, 2.24) is 14.4 Å². The SMILES string of the molecule is CC(C)c1csc(CCc2ccn3c(=O)c(C=CC(=O)O)c(N4C[C@@H](N)C5(CC5)C4)nc3c2)n1. The molecule has 1 saturated heterocycles. The lowest BCUT2D eigenvalue weighted by atomic mass is 10.0. The Morgan fingerprint density at radius 3 is 2.79 bits per heavy atom. The molecule has 2 aliphatic rings. The van der Waals surface area contributed by atoms with Gasteiger partial charge in [-0.05, 0) is 49.0 Å². The van der Waals surface area contributed by atoms with E-state index >= 15 is 0 Å². The number of rotatable bonds is 7. The van der Waals surface area contributed by atoms with Crippen LogP contribution in [-0.2, 0) is 17.6 Å². The number of carboxylic acids is 1. The van der Waals surface area contributed by atoms with Crippen molar-refractivity contribution < 1.29 is 9.90 Å². The highest BCUT2D eigenvalue weighted by atomic mass is 32.1. The minimum absolute atomic E-state index is 0.0319. The molecule has 178 valence electrons. The largest absolute Gasteiger partial charge is 0.478 e. The molecule has 0 unspecified atom stereocenters. The Balaban J connectivity index is 1.49. The zero-order valence-electron chi connectivity index (χ0n) is 19.4. The minimum Gasteiger partial charge on any atom is -0.478 e. The number of hydrogen-bond donors (Lipinski definition) is 2. The Morgan fingerprint density at radius 1 is 1.35 bits per heavy atom. The molecule has 5 rings (SSSR count). The summed E-state index contributed by atoms with van der Waals surface area (Å²) in [7, 11) is 0. The standard InChI is InChI=1S/C25H29N5O3S/c1-15(2)18-13-34-21(27-18)5-3-16-7-10-30-20(11-16)28-23(17(24(30)33)4-6-22(31)32)29-12-19(26)25(14-29)8-9-25/h4,6-7,10-11,13,15,19H,3,5,8-9,12,14,26H2,1-2H3,(H,31,32)/t19-/m1/s1. The fourth-order valence-corrected chi connectivity index (χ4v) is 5.64. The summed E-state index contributed by atoms with van der Waals surface area (Å²) in [6.45, 7) is 5.63. The van der Waals surface area contributed by atoms with Gasteiger partial charge in [0.05, 0.1) is 16.3 Å². The second kappa shape index (κ2) is 8.63. The fraction of sp³-hybridized carbons (Fsp3) is 0.440. The van der Waals surface area contributed by atoms with Crippen LogP contribution in [0, 0.1) is 5.41 Å². The highest BCUT2D eigenvalue weighted by Gasteiger charge is 2.54. The maximum atomic E-state index is 13.3. The molecule has 34 heavy (non-hydrogen) atoms. The normalized spacial score (nSPS) is 19.2. The van der Waals surface area contributed by atoms with Gasteiger partial charge in [0.2, 0.25) is 0 Å². The smallest absolute Gasteiger partial charge is 0.328 e. The van der Waals surface area contributed by atoms with Gasteiger partial charge in [-0.25, -0.2) is 14.8 Å². The van der Waals surface area contributed by atoms with E-state index in [1.54, 1.807) is 17.5 Å². The number of nitrogens with zero attached hydrogens (tertiary/aromatic N) is 4. The lowest BCUT2D eigenvalue weighted by Gasteiger charge is -2.20. The molecule has 3 aromatic rings. The second-order valence-corrected chi connectivity index (χ2v) is 10.7. The van der Waals surface area contributed by atoms with Gasteiger partial charge in [-0.2, -0.15) is 0 Å². The molecule has 3 N–H and O–H groups in total. The molecule has 0 amide bonds. The van der Waals surface area contributed by atoms with Crippen LogP contribution in [0.15, 0.2) is 34.6 Å². The first-order valence-corrected chi connectivity index (χ1v) is 12.5. The van der Waals surface area contributed by atoms with E-state index in [0.717, 1.165) is 54.6 Å². The highest BCUT2D eigenvalue weighted by Crippen LogP contribution is 2.52. The Bertz CT molecular complexity index is 1340. The van der Waals surface area contributed by atoms with Crippen LogP contribution in [0.5, 0.6) is 0 Å². The van der Waals surface area contributed by atoms with Gasteiger partial charge >= 0.3 is 5.97 Å². The van der Waals surface area contributed by atoms with Gasteiger partial charge in [-0.15, -0.1) is 11.3 Å². The fourth-order valence-electron chi connectivity index (χ4n) is 4.68. The highest BCUT2D eigenvalue weighted by molar-refractivity contribution is 7.09. The first kappa shape index (κ1) is 22.7. The predicted octanol–water partition coefficient (Wildman–Crippen LogP) is 3.08. The molecule has 1 saturated carbocycles. The Morgan fingerprint density at radius 2 is 2.15 bits per heavy atom. The Hall–Kier alpha value is -3.04. The second-order valence-electron chi connectivity index (χ2n) is 9.76. The number of aryl methyl sites for hydroxylation is 2. The van der Waals surface area contributed by atoms with Crippen molar-refractivity contribution in [3.63, 3.8) is 0 Å². The summed E-state index contributed by atoms with van der Waals surface area (Å²) in [5.41, 5.74) is 9.24. The van der Waals surface area contributed by atoms with Crippen LogP contribution in [0.25, 0.3) is 11.7 Å². The van der Waals surface area contributed by atoms with Gasteiger partial charge in [0.15, 0.2) is 0 Å². The monoisotopic (exact) mass is 479 g/mol. The van der Waals surface area contributed by atoms with E-state index in [-0.39, 0.29) is 22.6 Å². The van der Waals surface area contributed by atoms with Crippen LogP contribution in [0.4, 0.5) is 5.82 Å². The zero-order chi connectivity index (χ0) is 24.0.